The van der Waals surface area contributed by atoms with Crippen LogP contribution in [0.3, 0.4) is 0 Å². The van der Waals surface area contributed by atoms with Gasteiger partial charge in [0.25, 0.3) is 5.91 Å². The van der Waals surface area contributed by atoms with Gasteiger partial charge in [-0.15, -0.1) is 0 Å². The molecule has 1 saturated heterocycles. The first-order valence-electron chi connectivity index (χ1n) is 6.89. The summed E-state index contributed by atoms with van der Waals surface area (Å²) in [6, 6.07) is 6.81. The summed E-state index contributed by atoms with van der Waals surface area (Å²) in [7, 11) is 0. The van der Waals surface area contributed by atoms with E-state index in [0.717, 1.165) is 14.9 Å². The first kappa shape index (κ1) is 16.5. The third-order valence-electron chi connectivity index (χ3n) is 3.49. The number of halogens is 1. The van der Waals surface area contributed by atoms with Gasteiger partial charge in [0.15, 0.2) is 0 Å². The van der Waals surface area contributed by atoms with Crippen LogP contribution in [0.15, 0.2) is 28.7 Å². The zero-order chi connectivity index (χ0) is 16.5. The Labute approximate surface area is 137 Å². The maximum absolute atomic E-state index is 12.1. The van der Waals surface area contributed by atoms with Gasteiger partial charge in [0.2, 0.25) is 5.91 Å². The Morgan fingerprint density at radius 2 is 1.91 bits per heavy atom. The first-order valence-corrected chi connectivity index (χ1v) is 7.69. The number of urea groups is 1. The highest BCUT2D eigenvalue weighted by Crippen LogP contribution is 2.18. The molecule has 1 heterocycles. The van der Waals surface area contributed by atoms with Crippen LogP contribution in [0.4, 0.5) is 4.79 Å². The van der Waals surface area contributed by atoms with Gasteiger partial charge in [-0.2, -0.15) is 0 Å². The number of amides is 4. The summed E-state index contributed by atoms with van der Waals surface area (Å²) in [6.45, 7) is 4.77. The smallest absolute Gasteiger partial charge is 0.325 e. The summed E-state index contributed by atoms with van der Waals surface area (Å²) >= 11 is 3.35. The highest BCUT2D eigenvalue weighted by molar-refractivity contribution is 9.10. The predicted molar refractivity (Wildman–Crippen MR) is 85.0 cm³/mol. The van der Waals surface area contributed by atoms with Crippen molar-refractivity contribution in [3.8, 4) is 0 Å². The van der Waals surface area contributed by atoms with Crippen molar-refractivity contribution in [1.29, 1.82) is 0 Å². The van der Waals surface area contributed by atoms with E-state index in [1.807, 2.05) is 31.2 Å². The van der Waals surface area contributed by atoms with E-state index in [9.17, 15) is 14.4 Å². The molecule has 1 aromatic carbocycles. The van der Waals surface area contributed by atoms with Crippen molar-refractivity contribution in [2.24, 2.45) is 0 Å². The standard InChI is InChI=1S/C15H18BrN3O3/c1-9(10-4-6-11(16)7-5-10)17-12(20)8-19-13(21)15(2,3)18-14(19)22/h4-7,9H,8H2,1-3H3,(H,17,20)(H,18,22). The van der Waals surface area contributed by atoms with Crippen molar-refractivity contribution >= 4 is 33.8 Å². The molecule has 1 fully saturated rings. The molecule has 22 heavy (non-hydrogen) atoms. The molecule has 6 nitrogen and oxygen atoms in total. The second-order valence-electron chi connectivity index (χ2n) is 5.79. The number of hydrogen-bond acceptors (Lipinski definition) is 3. The molecule has 0 bridgehead atoms. The van der Waals surface area contributed by atoms with Crippen molar-refractivity contribution in [1.82, 2.24) is 15.5 Å². The van der Waals surface area contributed by atoms with Gasteiger partial charge in [-0.1, -0.05) is 28.1 Å². The van der Waals surface area contributed by atoms with Gasteiger partial charge >= 0.3 is 6.03 Å². The molecule has 2 rings (SSSR count). The molecular weight excluding hydrogens is 350 g/mol. The van der Waals surface area contributed by atoms with Gasteiger partial charge in [-0.3, -0.25) is 14.5 Å². The number of rotatable bonds is 4. The fourth-order valence-corrected chi connectivity index (χ4v) is 2.49. The normalized spacial score (nSPS) is 18.1. The number of carbonyl (C=O) groups excluding carboxylic acids is 3. The monoisotopic (exact) mass is 367 g/mol. The number of carbonyl (C=O) groups is 3. The Bertz CT molecular complexity index is 613. The molecule has 7 heteroatoms. The van der Waals surface area contributed by atoms with Gasteiger partial charge in [0.05, 0.1) is 6.04 Å². The second kappa shape index (κ2) is 6.08. The molecule has 4 amide bonds. The lowest BCUT2D eigenvalue weighted by atomic mass is 10.1. The summed E-state index contributed by atoms with van der Waals surface area (Å²) in [5, 5.41) is 5.32. The molecule has 0 radical (unpaired) electrons. The molecule has 2 N–H and O–H groups in total. The summed E-state index contributed by atoms with van der Waals surface area (Å²) in [5.41, 5.74) is -0.0246. The van der Waals surface area contributed by atoms with Crippen LogP contribution < -0.4 is 10.6 Å². The largest absolute Gasteiger partial charge is 0.348 e. The highest BCUT2D eigenvalue weighted by atomic mass is 79.9. The van der Waals surface area contributed by atoms with Crippen LogP contribution in [0, 0.1) is 0 Å². The maximum Gasteiger partial charge on any atom is 0.325 e. The molecule has 1 atom stereocenters. The number of nitrogens with one attached hydrogen (secondary N) is 2. The fraction of sp³-hybridized carbons (Fsp3) is 0.400. The van der Waals surface area contributed by atoms with Crippen molar-refractivity contribution in [3.05, 3.63) is 34.3 Å². The van der Waals surface area contributed by atoms with Crippen molar-refractivity contribution in [3.63, 3.8) is 0 Å². The quantitative estimate of drug-likeness (QED) is 0.798. The number of imide groups is 1. The van der Waals surface area contributed by atoms with E-state index in [4.69, 9.17) is 0 Å². The van der Waals surface area contributed by atoms with Gasteiger partial charge in [-0.25, -0.2) is 4.79 Å². The first-order chi connectivity index (χ1) is 10.2. The molecule has 0 spiro atoms. The molecule has 0 saturated carbocycles. The lowest BCUT2D eigenvalue weighted by Gasteiger charge is -2.18. The molecule has 0 aromatic heterocycles. The average molecular weight is 368 g/mol. The lowest BCUT2D eigenvalue weighted by molar-refractivity contribution is -0.134. The zero-order valence-electron chi connectivity index (χ0n) is 12.6. The zero-order valence-corrected chi connectivity index (χ0v) is 14.2. The van der Waals surface area contributed by atoms with Crippen LogP contribution in [0.1, 0.15) is 32.4 Å². The van der Waals surface area contributed by atoms with Crippen LogP contribution in [-0.4, -0.2) is 34.8 Å². The van der Waals surface area contributed by atoms with E-state index < -0.39 is 17.5 Å². The summed E-state index contributed by atoms with van der Waals surface area (Å²) in [6.07, 6.45) is 0. The van der Waals surface area contributed by atoms with Crippen molar-refractivity contribution < 1.29 is 14.4 Å². The third kappa shape index (κ3) is 3.47. The predicted octanol–water partition coefficient (Wildman–Crippen LogP) is 1.96. The third-order valence-corrected chi connectivity index (χ3v) is 4.02. The lowest BCUT2D eigenvalue weighted by Crippen LogP contribution is -2.43. The Hall–Kier alpha value is -1.89. The van der Waals surface area contributed by atoms with E-state index in [2.05, 4.69) is 26.6 Å². The molecule has 1 aliphatic heterocycles. The highest BCUT2D eigenvalue weighted by Gasteiger charge is 2.44. The van der Waals surface area contributed by atoms with E-state index in [0.29, 0.717) is 0 Å². The van der Waals surface area contributed by atoms with Crippen molar-refractivity contribution in [2.75, 3.05) is 6.54 Å². The maximum atomic E-state index is 12.1. The topological polar surface area (TPSA) is 78.5 Å². The number of hydrogen-bond donors (Lipinski definition) is 2. The SMILES string of the molecule is CC(NC(=O)CN1C(=O)NC(C)(C)C1=O)c1ccc(Br)cc1. The Balaban J connectivity index is 1.97. The Morgan fingerprint density at radius 1 is 1.32 bits per heavy atom. The summed E-state index contributed by atoms with van der Waals surface area (Å²) in [4.78, 5) is 36.8. The average Bonchev–Trinajstić information content (AvgIpc) is 2.61. The minimum atomic E-state index is -0.964. The summed E-state index contributed by atoms with van der Waals surface area (Å²) < 4.78 is 0.955. The minimum Gasteiger partial charge on any atom is -0.348 e. The summed E-state index contributed by atoms with van der Waals surface area (Å²) in [5.74, 6) is -0.777. The van der Waals surface area contributed by atoms with E-state index >= 15 is 0 Å². The Kier molecular flexibility index (Phi) is 4.55. The van der Waals surface area contributed by atoms with Gasteiger partial charge < -0.3 is 10.6 Å². The molecule has 118 valence electrons. The number of benzene rings is 1. The van der Waals surface area contributed by atoms with E-state index in [-0.39, 0.29) is 18.5 Å². The molecular formula is C15H18BrN3O3. The molecule has 0 aliphatic carbocycles. The van der Waals surface area contributed by atoms with Crippen LogP contribution in [0.2, 0.25) is 0 Å². The van der Waals surface area contributed by atoms with Crippen LogP contribution >= 0.6 is 15.9 Å². The molecule has 1 aliphatic rings. The second-order valence-corrected chi connectivity index (χ2v) is 6.70. The molecule has 1 aromatic rings. The van der Waals surface area contributed by atoms with Crippen LogP contribution in [0.5, 0.6) is 0 Å². The molecule has 1 unspecified atom stereocenters. The van der Waals surface area contributed by atoms with Crippen LogP contribution in [0.25, 0.3) is 0 Å². The fourth-order valence-electron chi connectivity index (χ4n) is 2.23. The van der Waals surface area contributed by atoms with Crippen LogP contribution in [-0.2, 0) is 9.59 Å². The van der Waals surface area contributed by atoms with E-state index in [1.54, 1.807) is 13.8 Å². The van der Waals surface area contributed by atoms with Gasteiger partial charge in [0, 0.05) is 4.47 Å². The van der Waals surface area contributed by atoms with Gasteiger partial charge in [0.1, 0.15) is 12.1 Å². The van der Waals surface area contributed by atoms with E-state index in [1.165, 1.54) is 0 Å². The minimum absolute atomic E-state index is 0.214. The van der Waals surface area contributed by atoms with Crippen molar-refractivity contribution in [2.45, 2.75) is 32.4 Å². The van der Waals surface area contributed by atoms with Gasteiger partial charge in [-0.05, 0) is 38.5 Å². The Morgan fingerprint density at radius 3 is 2.41 bits per heavy atom. The number of nitrogens with zero attached hydrogens (tertiary/aromatic N) is 1.